The molecular weight excluding hydrogens is 319 g/mol. The average molecular weight is 331 g/mol. The molecule has 9 heavy (non-hydrogen) atoms. The molecular formula is C4H12BiNO3. The Morgan fingerprint density at radius 1 is 1.67 bits per heavy atom. The van der Waals surface area contributed by atoms with Gasteiger partial charge in [0.05, 0.1) is 6.10 Å². The van der Waals surface area contributed by atoms with Gasteiger partial charge in [0.1, 0.15) is 6.04 Å². The molecule has 0 saturated heterocycles. The molecule has 2 unspecified atom stereocenters. The second-order valence-corrected chi connectivity index (χ2v) is 1.60. The van der Waals surface area contributed by atoms with E-state index in [0.717, 1.165) is 0 Å². The van der Waals surface area contributed by atoms with Gasteiger partial charge in [0, 0.05) is 0 Å². The zero-order chi connectivity index (χ0) is 6.73. The van der Waals surface area contributed by atoms with Gasteiger partial charge in [0.25, 0.3) is 0 Å². The van der Waals surface area contributed by atoms with Crippen molar-refractivity contribution in [1.29, 1.82) is 0 Å². The van der Waals surface area contributed by atoms with Crippen molar-refractivity contribution < 1.29 is 15.0 Å². The number of carbonyl (C=O) groups is 1. The number of aliphatic carboxylic acids is 1. The monoisotopic (exact) mass is 331 g/mol. The van der Waals surface area contributed by atoms with Gasteiger partial charge in [-0.25, -0.2) is 0 Å². The zero-order valence-electron chi connectivity index (χ0n) is 5.24. The van der Waals surface area contributed by atoms with E-state index in [2.05, 4.69) is 0 Å². The van der Waals surface area contributed by atoms with Gasteiger partial charge < -0.3 is 15.9 Å². The number of rotatable bonds is 2. The fourth-order valence-electron chi connectivity index (χ4n) is 0.206. The van der Waals surface area contributed by atoms with E-state index >= 15 is 0 Å². The molecule has 5 heteroatoms. The number of aliphatic hydroxyl groups is 1. The second-order valence-electron chi connectivity index (χ2n) is 1.60. The molecule has 0 radical (unpaired) electrons. The maximum absolute atomic E-state index is 9.86. The van der Waals surface area contributed by atoms with Gasteiger partial charge in [0.15, 0.2) is 0 Å². The van der Waals surface area contributed by atoms with Crippen molar-refractivity contribution >= 4 is 32.2 Å². The van der Waals surface area contributed by atoms with Crippen LogP contribution in [-0.2, 0) is 4.79 Å². The van der Waals surface area contributed by atoms with Gasteiger partial charge in [-0.05, 0) is 6.92 Å². The van der Waals surface area contributed by atoms with E-state index < -0.39 is 18.1 Å². The summed E-state index contributed by atoms with van der Waals surface area (Å²) in [4.78, 5) is 9.86. The zero-order valence-corrected chi connectivity index (χ0v) is 10.7. The quantitative estimate of drug-likeness (QED) is 0.493. The third-order valence-electron chi connectivity index (χ3n) is 0.805. The van der Waals surface area contributed by atoms with Crippen LogP contribution in [0.5, 0.6) is 0 Å². The van der Waals surface area contributed by atoms with Crippen molar-refractivity contribution in [2.45, 2.75) is 19.1 Å². The molecule has 0 aromatic carbocycles. The van der Waals surface area contributed by atoms with Gasteiger partial charge in [-0.2, -0.15) is 0 Å². The number of carboxylic acid groups (broad SMARTS) is 1. The standard InChI is InChI=1S/C4H9NO3.Bi.3H/c1-2(6)3(5)4(7)8;;;;/h2-3,6H,5H2,1H3,(H,7,8);;;;. The predicted octanol–water partition coefficient (Wildman–Crippen LogP) is -2.40. The second kappa shape index (κ2) is 5.09. The summed E-state index contributed by atoms with van der Waals surface area (Å²) in [6.45, 7) is 1.33. The molecule has 0 amide bonds. The molecule has 4 nitrogen and oxygen atoms in total. The van der Waals surface area contributed by atoms with Crippen molar-refractivity contribution in [3.8, 4) is 0 Å². The van der Waals surface area contributed by atoms with Gasteiger partial charge in [-0.3, -0.25) is 4.79 Å². The number of hydrogen-bond donors (Lipinski definition) is 3. The molecule has 0 bridgehead atoms. The van der Waals surface area contributed by atoms with E-state index in [4.69, 9.17) is 15.9 Å². The first-order valence-corrected chi connectivity index (χ1v) is 2.22. The predicted molar refractivity (Wildman–Crippen MR) is 37.2 cm³/mol. The van der Waals surface area contributed by atoms with Crippen LogP contribution in [0.15, 0.2) is 0 Å². The van der Waals surface area contributed by atoms with Crippen LogP contribution in [0.2, 0.25) is 0 Å². The van der Waals surface area contributed by atoms with Crippen LogP contribution in [0.25, 0.3) is 0 Å². The average Bonchev–Trinajstić information content (AvgIpc) is 1.64. The first-order chi connectivity index (χ1) is 3.55. The minimum absolute atomic E-state index is 0. The minimum atomic E-state index is -1.18. The molecule has 4 N–H and O–H groups in total. The molecule has 2 atom stereocenters. The van der Waals surface area contributed by atoms with Gasteiger partial charge >= 0.3 is 32.2 Å². The van der Waals surface area contributed by atoms with E-state index in [1.165, 1.54) is 6.92 Å². The first-order valence-electron chi connectivity index (χ1n) is 2.22. The Hall–Kier alpha value is 0.273. The Morgan fingerprint density at radius 3 is 2.00 bits per heavy atom. The van der Waals surface area contributed by atoms with Gasteiger partial charge in [-0.15, -0.1) is 0 Å². The SMILES string of the molecule is CC(O)C(N)C(=O)O.[BiH3]. The Labute approximate surface area is 72.2 Å². The molecule has 0 aliphatic carbocycles. The molecule has 0 spiro atoms. The Morgan fingerprint density at radius 2 is 2.00 bits per heavy atom. The first kappa shape index (κ1) is 12.0. The molecule has 0 aliphatic heterocycles. The number of hydrogen-bond acceptors (Lipinski definition) is 3. The fourth-order valence-corrected chi connectivity index (χ4v) is 0.206. The molecule has 0 aromatic heterocycles. The maximum atomic E-state index is 9.86. The summed E-state index contributed by atoms with van der Waals surface area (Å²) in [5.41, 5.74) is 4.91. The molecule has 0 heterocycles. The van der Waals surface area contributed by atoms with E-state index in [1.54, 1.807) is 0 Å². The van der Waals surface area contributed by atoms with Crippen LogP contribution in [0, 0.1) is 0 Å². The molecule has 0 aliphatic rings. The summed E-state index contributed by atoms with van der Waals surface area (Å²) in [6, 6.07) is -1.16. The molecule has 0 aromatic rings. The molecule has 0 rings (SSSR count). The number of nitrogens with two attached hydrogens (primary N) is 1. The Bertz CT molecular complexity index is 95.8. The normalized spacial score (nSPS) is 15.4. The van der Waals surface area contributed by atoms with Crippen molar-refractivity contribution in [2.24, 2.45) is 5.73 Å². The van der Waals surface area contributed by atoms with Crippen molar-refractivity contribution in [2.75, 3.05) is 0 Å². The van der Waals surface area contributed by atoms with Crippen LogP contribution in [-0.4, -0.2) is 54.5 Å². The van der Waals surface area contributed by atoms with Crippen molar-refractivity contribution in [1.82, 2.24) is 0 Å². The summed E-state index contributed by atoms with van der Waals surface area (Å²) >= 11 is 0. The Kier molecular flexibility index (Phi) is 6.78. The topological polar surface area (TPSA) is 83.5 Å². The van der Waals surface area contributed by atoms with Crippen molar-refractivity contribution in [3.05, 3.63) is 0 Å². The van der Waals surface area contributed by atoms with E-state index in [-0.39, 0.29) is 26.2 Å². The van der Waals surface area contributed by atoms with Crippen LogP contribution in [0.4, 0.5) is 0 Å². The third-order valence-corrected chi connectivity index (χ3v) is 0.805. The van der Waals surface area contributed by atoms with Gasteiger partial charge in [0.2, 0.25) is 0 Å². The van der Waals surface area contributed by atoms with Crippen molar-refractivity contribution in [3.63, 3.8) is 0 Å². The molecule has 56 valence electrons. The number of aliphatic hydroxyl groups excluding tert-OH is 1. The number of carboxylic acids is 1. The summed E-state index contributed by atoms with van der Waals surface area (Å²) < 4.78 is 0. The molecule has 0 saturated carbocycles. The van der Waals surface area contributed by atoms with E-state index in [0.29, 0.717) is 0 Å². The van der Waals surface area contributed by atoms with Crippen LogP contribution in [0.3, 0.4) is 0 Å². The Balaban J connectivity index is 0. The van der Waals surface area contributed by atoms with E-state index in [9.17, 15) is 4.79 Å². The summed E-state index contributed by atoms with van der Waals surface area (Å²) in [5, 5.41) is 16.6. The third kappa shape index (κ3) is 4.76. The van der Waals surface area contributed by atoms with Crippen LogP contribution >= 0.6 is 0 Å². The summed E-state index contributed by atoms with van der Waals surface area (Å²) in [7, 11) is 0. The van der Waals surface area contributed by atoms with Crippen LogP contribution < -0.4 is 5.73 Å². The summed E-state index contributed by atoms with van der Waals surface area (Å²) in [6.07, 6.45) is -0.979. The van der Waals surface area contributed by atoms with Crippen LogP contribution in [0.1, 0.15) is 6.92 Å². The summed E-state index contributed by atoms with van der Waals surface area (Å²) in [5.74, 6) is -1.18. The van der Waals surface area contributed by atoms with Gasteiger partial charge in [-0.1, -0.05) is 0 Å². The fraction of sp³-hybridized carbons (Fsp3) is 0.750. The van der Waals surface area contributed by atoms with E-state index in [1.807, 2.05) is 0 Å². The molecule has 0 fully saturated rings.